The first-order valence-electron chi connectivity index (χ1n) is 7.55. The molecule has 0 aliphatic carbocycles. The summed E-state index contributed by atoms with van der Waals surface area (Å²) in [6.07, 6.45) is 0. The normalized spacial score (nSPS) is 11.1. The first kappa shape index (κ1) is 16.3. The lowest BCUT2D eigenvalue weighted by Gasteiger charge is -2.04. The van der Waals surface area contributed by atoms with Gasteiger partial charge in [0.1, 0.15) is 0 Å². The number of rotatable bonds is 2. The molecule has 0 amide bonds. The fourth-order valence-corrected chi connectivity index (χ4v) is 4.51. The Balaban J connectivity index is 1.76. The van der Waals surface area contributed by atoms with Crippen molar-refractivity contribution in [2.75, 3.05) is 0 Å². The average molecular weight is 383 g/mol. The van der Waals surface area contributed by atoms with E-state index in [1.54, 1.807) is 47.7 Å². The van der Waals surface area contributed by atoms with Gasteiger partial charge in [0, 0.05) is 35.7 Å². The number of carbonyl (C=O) groups excluding carboxylic acids is 1. The Morgan fingerprint density at radius 2 is 1.60 bits per heavy atom. The Labute approximate surface area is 157 Å². The molecule has 0 bridgehead atoms. The van der Waals surface area contributed by atoms with Gasteiger partial charge in [0.15, 0.2) is 5.43 Å². The Morgan fingerprint density at radius 1 is 0.880 bits per heavy atom. The molecule has 5 heteroatoms. The molecule has 0 aliphatic rings. The highest BCUT2D eigenvalue weighted by molar-refractivity contribution is 8.14. The second-order valence-electron chi connectivity index (χ2n) is 5.48. The number of carbonyl (C=O) groups is 1. The molecule has 0 radical (unpaired) electrons. The van der Waals surface area contributed by atoms with Crippen LogP contribution in [0.15, 0.2) is 76.4 Å². The van der Waals surface area contributed by atoms with Gasteiger partial charge in [-0.25, -0.2) is 0 Å². The molecule has 1 aromatic heterocycles. The van der Waals surface area contributed by atoms with Crippen molar-refractivity contribution in [1.29, 1.82) is 0 Å². The molecule has 122 valence electrons. The highest BCUT2D eigenvalue weighted by atomic mass is 35.5. The second kappa shape index (κ2) is 6.64. The molecular formula is C20H11ClO2S2. The maximum Gasteiger partial charge on any atom is 0.224 e. The minimum absolute atomic E-state index is 0.0320. The second-order valence-corrected chi connectivity index (χ2v) is 8.05. The van der Waals surface area contributed by atoms with Crippen molar-refractivity contribution in [3.05, 3.63) is 87.5 Å². The molecule has 1 heterocycles. The third kappa shape index (κ3) is 3.21. The molecular weight excluding hydrogens is 372 g/mol. The van der Waals surface area contributed by atoms with E-state index in [1.165, 1.54) is 0 Å². The zero-order valence-electron chi connectivity index (χ0n) is 12.9. The number of thioether (sulfide) groups is 1. The van der Waals surface area contributed by atoms with Crippen molar-refractivity contribution < 1.29 is 4.79 Å². The number of benzene rings is 3. The summed E-state index contributed by atoms with van der Waals surface area (Å²) in [5.41, 5.74) is 0.488. The summed E-state index contributed by atoms with van der Waals surface area (Å²) in [7, 11) is 0. The van der Waals surface area contributed by atoms with Gasteiger partial charge in [0.05, 0.1) is 0 Å². The van der Waals surface area contributed by atoms with Gasteiger partial charge in [0.2, 0.25) is 5.12 Å². The Morgan fingerprint density at radius 3 is 2.40 bits per heavy atom. The van der Waals surface area contributed by atoms with Crippen molar-refractivity contribution in [2.45, 2.75) is 4.90 Å². The zero-order chi connectivity index (χ0) is 17.4. The van der Waals surface area contributed by atoms with E-state index in [2.05, 4.69) is 0 Å². The van der Waals surface area contributed by atoms with E-state index in [-0.39, 0.29) is 10.5 Å². The van der Waals surface area contributed by atoms with Crippen LogP contribution in [0, 0.1) is 0 Å². The predicted molar refractivity (Wildman–Crippen MR) is 107 cm³/mol. The molecule has 0 atom stereocenters. The molecule has 0 fully saturated rings. The van der Waals surface area contributed by atoms with Crippen molar-refractivity contribution in [3.8, 4) is 0 Å². The van der Waals surface area contributed by atoms with E-state index in [9.17, 15) is 9.59 Å². The molecule has 2 nitrogen and oxygen atoms in total. The van der Waals surface area contributed by atoms with Crippen molar-refractivity contribution >= 4 is 60.0 Å². The van der Waals surface area contributed by atoms with Crippen LogP contribution in [-0.2, 0) is 0 Å². The lowest BCUT2D eigenvalue weighted by atomic mass is 10.1. The summed E-state index contributed by atoms with van der Waals surface area (Å²) < 4.78 is 1.84. The third-order valence-corrected chi connectivity index (χ3v) is 6.17. The van der Waals surface area contributed by atoms with Crippen LogP contribution in [0.3, 0.4) is 0 Å². The van der Waals surface area contributed by atoms with Crippen molar-refractivity contribution in [2.24, 2.45) is 0 Å². The van der Waals surface area contributed by atoms with Crippen LogP contribution in [-0.4, -0.2) is 5.12 Å². The zero-order valence-corrected chi connectivity index (χ0v) is 15.3. The standard InChI is InChI=1S/C20H11ClO2S2/c21-13-6-8-14(9-7-13)24-20(23)12-5-10-18-16(11-12)19(22)15-3-1-2-4-17(15)25-18/h1-11H. The molecule has 25 heavy (non-hydrogen) atoms. The average Bonchev–Trinajstić information content (AvgIpc) is 2.63. The van der Waals surface area contributed by atoms with Crippen LogP contribution in [0.1, 0.15) is 10.4 Å². The van der Waals surface area contributed by atoms with Crippen LogP contribution in [0.4, 0.5) is 0 Å². The molecule has 0 aliphatic heterocycles. The lowest BCUT2D eigenvalue weighted by molar-refractivity contribution is 0.108. The smallest absolute Gasteiger partial charge is 0.224 e. The molecule has 0 N–H and O–H groups in total. The van der Waals surface area contributed by atoms with Gasteiger partial charge in [-0.05, 0) is 66.4 Å². The fourth-order valence-electron chi connectivity index (χ4n) is 2.60. The van der Waals surface area contributed by atoms with E-state index >= 15 is 0 Å². The summed E-state index contributed by atoms with van der Waals surface area (Å²) in [4.78, 5) is 26.1. The fraction of sp³-hybridized carbons (Fsp3) is 0. The van der Waals surface area contributed by atoms with E-state index in [1.807, 2.05) is 30.3 Å². The summed E-state index contributed by atoms with van der Waals surface area (Å²) in [6, 6.07) is 20.0. The van der Waals surface area contributed by atoms with Gasteiger partial charge in [-0.2, -0.15) is 0 Å². The maximum absolute atomic E-state index is 12.7. The van der Waals surface area contributed by atoms with Gasteiger partial charge in [-0.15, -0.1) is 11.3 Å². The molecule has 4 rings (SSSR count). The number of hydrogen-bond donors (Lipinski definition) is 0. The van der Waals surface area contributed by atoms with Crippen LogP contribution >= 0.6 is 34.7 Å². The molecule has 0 saturated heterocycles. The number of halogens is 1. The molecule has 4 aromatic rings. The van der Waals surface area contributed by atoms with Gasteiger partial charge in [-0.3, -0.25) is 9.59 Å². The first-order chi connectivity index (χ1) is 12.1. The van der Waals surface area contributed by atoms with Gasteiger partial charge < -0.3 is 0 Å². The molecule has 0 unspecified atom stereocenters. The first-order valence-corrected chi connectivity index (χ1v) is 9.56. The van der Waals surface area contributed by atoms with Gasteiger partial charge in [0.25, 0.3) is 0 Å². The van der Waals surface area contributed by atoms with E-state index in [0.717, 1.165) is 26.1 Å². The highest BCUT2D eigenvalue weighted by Crippen LogP contribution is 2.28. The monoisotopic (exact) mass is 382 g/mol. The van der Waals surface area contributed by atoms with Crippen LogP contribution < -0.4 is 5.43 Å². The SMILES string of the molecule is O=C(Sc1ccc(Cl)cc1)c1ccc2sc3ccccc3c(=O)c2c1. The lowest BCUT2D eigenvalue weighted by Crippen LogP contribution is -2.02. The summed E-state index contributed by atoms with van der Waals surface area (Å²) in [5, 5.41) is 1.81. The quantitative estimate of drug-likeness (QED) is 0.315. The van der Waals surface area contributed by atoms with Crippen molar-refractivity contribution in [1.82, 2.24) is 0 Å². The van der Waals surface area contributed by atoms with Crippen LogP contribution in [0.5, 0.6) is 0 Å². The summed E-state index contributed by atoms with van der Waals surface area (Å²) in [5.74, 6) is 0. The maximum atomic E-state index is 12.7. The Kier molecular flexibility index (Phi) is 4.34. The number of hydrogen-bond acceptors (Lipinski definition) is 4. The molecule has 3 aromatic carbocycles. The Hall–Kier alpha value is -2.14. The minimum Gasteiger partial charge on any atom is -0.289 e. The van der Waals surface area contributed by atoms with Crippen LogP contribution in [0.2, 0.25) is 5.02 Å². The molecule has 0 spiro atoms. The third-order valence-electron chi connectivity index (χ3n) is 3.84. The van der Waals surface area contributed by atoms with E-state index < -0.39 is 0 Å². The van der Waals surface area contributed by atoms with E-state index in [0.29, 0.717) is 21.4 Å². The largest absolute Gasteiger partial charge is 0.289 e. The van der Waals surface area contributed by atoms with Crippen molar-refractivity contribution in [3.63, 3.8) is 0 Å². The van der Waals surface area contributed by atoms with E-state index in [4.69, 9.17) is 11.6 Å². The highest BCUT2D eigenvalue weighted by Gasteiger charge is 2.12. The molecule has 0 saturated carbocycles. The predicted octanol–water partition coefficient (Wildman–Crippen LogP) is 6.00. The number of fused-ring (bicyclic) bond motifs is 2. The topological polar surface area (TPSA) is 34.1 Å². The Bertz CT molecular complexity index is 1160. The minimum atomic E-state index is -0.0956. The summed E-state index contributed by atoms with van der Waals surface area (Å²) >= 11 is 8.55. The summed E-state index contributed by atoms with van der Waals surface area (Å²) in [6.45, 7) is 0. The van der Waals surface area contributed by atoms with Crippen LogP contribution in [0.25, 0.3) is 20.2 Å². The van der Waals surface area contributed by atoms with Gasteiger partial charge >= 0.3 is 0 Å². The van der Waals surface area contributed by atoms with Gasteiger partial charge in [-0.1, -0.05) is 23.7 Å².